The Balaban J connectivity index is 2.02. The van der Waals surface area contributed by atoms with E-state index < -0.39 is 0 Å². The fraction of sp³-hybridized carbons (Fsp3) is 0.350. The first-order chi connectivity index (χ1) is 13.0. The molecular formula is C20H24N4O3. The van der Waals surface area contributed by atoms with Crippen LogP contribution >= 0.6 is 0 Å². The second-order valence-corrected chi connectivity index (χ2v) is 6.70. The maximum Gasteiger partial charge on any atom is 0.256 e. The van der Waals surface area contributed by atoms with E-state index in [1.165, 1.54) is 0 Å². The number of aromatic nitrogens is 3. The van der Waals surface area contributed by atoms with E-state index >= 15 is 0 Å². The van der Waals surface area contributed by atoms with E-state index in [2.05, 4.69) is 29.2 Å². The molecule has 7 nitrogen and oxygen atoms in total. The van der Waals surface area contributed by atoms with Crippen LogP contribution in [-0.2, 0) is 0 Å². The van der Waals surface area contributed by atoms with Gasteiger partial charge in [0.15, 0.2) is 17.1 Å². The number of rotatable bonds is 6. The predicted molar refractivity (Wildman–Crippen MR) is 103 cm³/mol. The number of nitrogens with zero attached hydrogens (tertiary/aromatic N) is 3. The van der Waals surface area contributed by atoms with Crippen molar-refractivity contribution in [3.05, 3.63) is 42.2 Å². The minimum Gasteiger partial charge on any atom is -0.493 e. The summed E-state index contributed by atoms with van der Waals surface area (Å²) in [7, 11) is 3.19. The lowest BCUT2D eigenvalue weighted by atomic mass is 10.1. The van der Waals surface area contributed by atoms with Gasteiger partial charge in [0.25, 0.3) is 5.91 Å². The van der Waals surface area contributed by atoms with Crippen LogP contribution in [0.25, 0.3) is 16.9 Å². The monoisotopic (exact) mass is 368 g/mol. The van der Waals surface area contributed by atoms with Crippen LogP contribution in [-0.4, -0.2) is 40.8 Å². The standard InChI is InChI=1S/C20H24N4O3/c1-12(2)13(3)23-20(25)15-11-22-24-16(8-9-21-19(15)24)14-6-7-17(26-4)18(10-14)27-5/h6-13H,1-5H3,(H,23,25). The van der Waals surface area contributed by atoms with Gasteiger partial charge in [-0.05, 0) is 37.1 Å². The molecule has 0 saturated heterocycles. The van der Waals surface area contributed by atoms with Crippen molar-refractivity contribution in [3.63, 3.8) is 0 Å². The molecular weight excluding hydrogens is 344 g/mol. The summed E-state index contributed by atoms with van der Waals surface area (Å²) in [6.45, 7) is 6.11. The van der Waals surface area contributed by atoms with Crippen LogP contribution in [0.1, 0.15) is 31.1 Å². The molecule has 1 aromatic carbocycles. The molecule has 2 heterocycles. The highest BCUT2D eigenvalue weighted by molar-refractivity contribution is 6.00. The first-order valence-electron chi connectivity index (χ1n) is 8.82. The van der Waals surface area contributed by atoms with Crippen molar-refractivity contribution >= 4 is 11.6 Å². The first kappa shape index (κ1) is 18.7. The fourth-order valence-electron chi connectivity index (χ4n) is 2.72. The van der Waals surface area contributed by atoms with Gasteiger partial charge >= 0.3 is 0 Å². The van der Waals surface area contributed by atoms with Crippen molar-refractivity contribution in [2.24, 2.45) is 5.92 Å². The second-order valence-electron chi connectivity index (χ2n) is 6.70. The zero-order valence-electron chi connectivity index (χ0n) is 16.2. The normalized spacial score (nSPS) is 12.2. The lowest BCUT2D eigenvalue weighted by molar-refractivity contribution is 0.0932. The van der Waals surface area contributed by atoms with Gasteiger partial charge in [0.2, 0.25) is 0 Å². The molecule has 1 N–H and O–H groups in total. The van der Waals surface area contributed by atoms with Crippen LogP contribution < -0.4 is 14.8 Å². The van der Waals surface area contributed by atoms with Crippen LogP contribution in [0, 0.1) is 5.92 Å². The first-order valence-corrected chi connectivity index (χ1v) is 8.82. The van der Waals surface area contributed by atoms with Gasteiger partial charge in [-0.15, -0.1) is 0 Å². The highest BCUT2D eigenvalue weighted by atomic mass is 16.5. The van der Waals surface area contributed by atoms with Crippen molar-refractivity contribution < 1.29 is 14.3 Å². The Labute approximate surface area is 158 Å². The Morgan fingerprint density at radius 2 is 1.85 bits per heavy atom. The van der Waals surface area contributed by atoms with Crippen molar-refractivity contribution in [2.75, 3.05) is 14.2 Å². The molecule has 1 unspecified atom stereocenters. The number of carbonyl (C=O) groups excluding carboxylic acids is 1. The molecule has 7 heteroatoms. The molecule has 3 aromatic rings. The molecule has 142 valence electrons. The quantitative estimate of drug-likeness (QED) is 0.723. The van der Waals surface area contributed by atoms with Crippen molar-refractivity contribution in [1.82, 2.24) is 19.9 Å². The highest BCUT2D eigenvalue weighted by Crippen LogP contribution is 2.32. The number of carbonyl (C=O) groups is 1. The summed E-state index contributed by atoms with van der Waals surface area (Å²) < 4.78 is 12.3. The van der Waals surface area contributed by atoms with Gasteiger partial charge in [0, 0.05) is 17.8 Å². The third-order valence-corrected chi connectivity index (χ3v) is 4.68. The minimum atomic E-state index is -0.178. The molecule has 0 radical (unpaired) electrons. The zero-order valence-corrected chi connectivity index (χ0v) is 16.2. The predicted octanol–water partition coefficient (Wildman–Crippen LogP) is 3.19. The highest BCUT2D eigenvalue weighted by Gasteiger charge is 2.19. The Morgan fingerprint density at radius 1 is 1.11 bits per heavy atom. The molecule has 0 spiro atoms. The number of amides is 1. The van der Waals surface area contributed by atoms with Crippen molar-refractivity contribution in [2.45, 2.75) is 26.8 Å². The molecule has 1 atom stereocenters. The molecule has 0 aliphatic rings. The Kier molecular flexibility index (Phi) is 5.30. The molecule has 27 heavy (non-hydrogen) atoms. The van der Waals surface area contributed by atoms with Crippen molar-refractivity contribution in [3.8, 4) is 22.8 Å². The number of nitrogens with one attached hydrogen (secondary N) is 1. The Bertz CT molecular complexity index is 965. The lowest BCUT2D eigenvalue weighted by Crippen LogP contribution is -2.36. The van der Waals surface area contributed by atoms with Crippen LogP contribution in [0.2, 0.25) is 0 Å². The number of benzene rings is 1. The molecule has 2 aromatic heterocycles. The summed E-state index contributed by atoms with van der Waals surface area (Å²) in [4.78, 5) is 17.0. The average Bonchev–Trinajstić information content (AvgIpc) is 3.11. The summed E-state index contributed by atoms with van der Waals surface area (Å²) in [6.07, 6.45) is 3.22. The molecule has 0 saturated carbocycles. The Morgan fingerprint density at radius 3 is 2.52 bits per heavy atom. The minimum absolute atomic E-state index is 0.0569. The zero-order chi connectivity index (χ0) is 19.6. The Hall–Kier alpha value is -3.09. The number of hydrogen-bond acceptors (Lipinski definition) is 5. The van der Waals surface area contributed by atoms with Crippen molar-refractivity contribution in [1.29, 1.82) is 0 Å². The van der Waals surface area contributed by atoms with E-state index in [4.69, 9.17) is 9.47 Å². The maximum absolute atomic E-state index is 12.6. The number of methoxy groups -OCH3 is 2. The van der Waals surface area contributed by atoms with Gasteiger partial charge in [-0.25, -0.2) is 9.50 Å². The smallest absolute Gasteiger partial charge is 0.256 e. The van der Waals surface area contributed by atoms with E-state index in [-0.39, 0.29) is 11.9 Å². The fourth-order valence-corrected chi connectivity index (χ4v) is 2.72. The molecule has 3 rings (SSSR count). The maximum atomic E-state index is 12.6. The van der Waals surface area contributed by atoms with Crippen LogP contribution in [0.15, 0.2) is 36.7 Å². The van der Waals surface area contributed by atoms with E-state index in [0.717, 1.165) is 11.3 Å². The average molecular weight is 368 g/mol. The van der Waals surface area contributed by atoms with Gasteiger partial charge in [-0.3, -0.25) is 4.79 Å². The van der Waals surface area contributed by atoms with E-state index in [9.17, 15) is 4.79 Å². The topological polar surface area (TPSA) is 77.8 Å². The largest absolute Gasteiger partial charge is 0.493 e. The number of hydrogen-bond donors (Lipinski definition) is 1. The second kappa shape index (κ2) is 7.65. The molecule has 0 fully saturated rings. The summed E-state index contributed by atoms with van der Waals surface area (Å²) in [5.41, 5.74) is 2.64. The van der Waals surface area contributed by atoms with Crippen LogP contribution in [0.4, 0.5) is 0 Å². The van der Waals surface area contributed by atoms with Gasteiger partial charge in [0.1, 0.15) is 5.56 Å². The van der Waals surface area contributed by atoms with Gasteiger partial charge in [-0.1, -0.05) is 13.8 Å². The molecule has 0 aliphatic carbocycles. The van der Waals surface area contributed by atoms with Crippen LogP contribution in [0.5, 0.6) is 11.5 Å². The molecule has 0 aliphatic heterocycles. The third-order valence-electron chi connectivity index (χ3n) is 4.68. The number of ether oxygens (including phenoxy) is 2. The van der Waals surface area contributed by atoms with Gasteiger partial charge in [-0.2, -0.15) is 5.10 Å². The lowest BCUT2D eigenvalue weighted by Gasteiger charge is -2.16. The summed E-state index contributed by atoms with van der Waals surface area (Å²) in [5.74, 6) is 1.43. The summed E-state index contributed by atoms with van der Waals surface area (Å²) >= 11 is 0. The van der Waals surface area contributed by atoms with E-state index in [1.54, 1.807) is 31.1 Å². The van der Waals surface area contributed by atoms with E-state index in [0.29, 0.717) is 28.6 Å². The van der Waals surface area contributed by atoms with E-state index in [1.807, 2.05) is 31.2 Å². The van der Waals surface area contributed by atoms with Gasteiger partial charge in [0.05, 0.1) is 26.1 Å². The molecule has 0 bridgehead atoms. The molecule has 1 amide bonds. The SMILES string of the molecule is COc1ccc(-c2ccnc3c(C(=O)NC(C)C(C)C)cnn23)cc1OC. The van der Waals surface area contributed by atoms with Crippen LogP contribution in [0.3, 0.4) is 0 Å². The van der Waals surface area contributed by atoms with Gasteiger partial charge < -0.3 is 14.8 Å². The summed E-state index contributed by atoms with van der Waals surface area (Å²) in [6, 6.07) is 7.52. The number of fused-ring (bicyclic) bond motifs is 1. The summed E-state index contributed by atoms with van der Waals surface area (Å²) in [5, 5.41) is 7.39. The third kappa shape index (κ3) is 3.58.